The number of aromatic nitrogens is 6. The number of nitrogens with one attached hydrogen (secondary N) is 2. The van der Waals surface area contributed by atoms with Gasteiger partial charge in [-0.2, -0.15) is 15.5 Å². The maximum atomic E-state index is 9.21. The predicted octanol–water partition coefficient (Wildman–Crippen LogP) is 2.90. The topological polar surface area (TPSA) is 109 Å². The van der Waals surface area contributed by atoms with Crippen molar-refractivity contribution >= 4 is 44.8 Å². The Balaban J connectivity index is 1.58. The molecule has 5 heterocycles. The Kier molecular flexibility index (Phi) is 4.24. The zero-order chi connectivity index (χ0) is 20.0. The van der Waals surface area contributed by atoms with Crippen LogP contribution in [0.15, 0.2) is 30.9 Å². The molecule has 0 spiro atoms. The summed E-state index contributed by atoms with van der Waals surface area (Å²) in [6.07, 6.45) is 7.68. The van der Waals surface area contributed by atoms with Crippen LogP contribution in [0.4, 0.5) is 11.6 Å². The van der Waals surface area contributed by atoms with E-state index in [1.807, 2.05) is 30.2 Å². The Morgan fingerprint density at radius 3 is 2.86 bits per heavy atom. The van der Waals surface area contributed by atoms with Crippen molar-refractivity contribution in [2.45, 2.75) is 12.0 Å². The molecule has 146 valence electrons. The number of hydrogen-bond acceptors (Lipinski definition) is 8. The molecule has 0 saturated carbocycles. The monoisotopic (exact) mass is 425 g/mol. The van der Waals surface area contributed by atoms with E-state index in [0.717, 1.165) is 40.3 Å². The summed E-state index contributed by atoms with van der Waals surface area (Å²) in [5, 5.41) is 24.3. The normalized spacial score (nSPS) is 15.2. The number of fused-ring (bicyclic) bond motifs is 1. The highest BCUT2D eigenvalue weighted by Gasteiger charge is 2.39. The molecule has 1 aliphatic heterocycles. The number of nitriles is 1. The maximum Gasteiger partial charge on any atom is 0.228 e. The molecule has 5 rings (SSSR count). The lowest BCUT2D eigenvalue weighted by molar-refractivity contribution is 0.160. The fourth-order valence-electron chi connectivity index (χ4n) is 3.40. The van der Waals surface area contributed by atoms with Gasteiger partial charge in [0.1, 0.15) is 5.54 Å². The first-order chi connectivity index (χ1) is 14.1. The van der Waals surface area contributed by atoms with E-state index in [9.17, 15) is 5.26 Å². The van der Waals surface area contributed by atoms with E-state index in [-0.39, 0.29) is 5.54 Å². The standard InChI is InChI=1S/C18H16ClN9S/c1-27-8-12(6-22-27)24-17-25-13-4-14(19)29-16(13)15(26-17)11-5-23-28(7-11)18(2-3-20)9-21-10-18/h4-8,21H,2,9-10H2,1H3,(H,24,25,26). The number of nitrogens with zero attached hydrogens (tertiary/aromatic N) is 7. The van der Waals surface area contributed by atoms with Crippen LogP contribution in [-0.4, -0.2) is 42.6 Å². The fraction of sp³-hybridized carbons (Fsp3) is 0.278. The number of thiophene rings is 1. The molecule has 0 aliphatic carbocycles. The third-order valence-corrected chi connectivity index (χ3v) is 6.22. The van der Waals surface area contributed by atoms with Gasteiger partial charge in [-0.25, -0.2) is 9.97 Å². The van der Waals surface area contributed by atoms with Gasteiger partial charge in [0.15, 0.2) is 0 Å². The highest BCUT2D eigenvalue weighted by atomic mass is 35.5. The first kappa shape index (κ1) is 18.1. The Morgan fingerprint density at radius 2 is 2.17 bits per heavy atom. The van der Waals surface area contributed by atoms with Gasteiger partial charge < -0.3 is 10.6 Å². The molecule has 0 bridgehead atoms. The van der Waals surface area contributed by atoms with Crippen LogP contribution in [0.1, 0.15) is 6.42 Å². The molecule has 4 aromatic rings. The maximum absolute atomic E-state index is 9.21. The number of rotatable bonds is 5. The molecule has 0 amide bonds. The number of aryl methyl sites for hydroxylation is 1. The molecular formula is C18H16ClN9S. The molecule has 1 aliphatic rings. The van der Waals surface area contributed by atoms with Gasteiger partial charge in [0.2, 0.25) is 5.95 Å². The molecule has 2 N–H and O–H groups in total. The Morgan fingerprint density at radius 1 is 1.31 bits per heavy atom. The van der Waals surface area contributed by atoms with E-state index in [2.05, 4.69) is 31.9 Å². The lowest BCUT2D eigenvalue weighted by Crippen LogP contribution is -2.60. The van der Waals surface area contributed by atoms with Gasteiger partial charge in [-0.15, -0.1) is 11.3 Å². The summed E-state index contributed by atoms with van der Waals surface area (Å²) in [5.41, 5.74) is 2.87. The highest BCUT2D eigenvalue weighted by Crippen LogP contribution is 2.37. The van der Waals surface area contributed by atoms with Gasteiger partial charge in [-0.3, -0.25) is 9.36 Å². The van der Waals surface area contributed by atoms with Crippen molar-refractivity contribution in [1.29, 1.82) is 5.26 Å². The molecule has 0 unspecified atom stereocenters. The molecule has 0 atom stereocenters. The molecule has 0 radical (unpaired) electrons. The van der Waals surface area contributed by atoms with Crippen molar-refractivity contribution < 1.29 is 0 Å². The third kappa shape index (κ3) is 3.13. The molecule has 11 heteroatoms. The second-order valence-corrected chi connectivity index (χ2v) is 8.71. The van der Waals surface area contributed by atoms with E-state index in [1.165, 1.54) is 11.3 Å². The Bertz CT molecular complexity index is 1240. The zero-order valence-electron chi connectivity index (χ0n) is 15.4. The molecule has 1 fully saturated rings. The van der Waals surface area contributed by atoms with Crippen LogP contribution in [0, 0.1) is 11.3 Å². The van der Waals surface area contributed by atoms with Crippen molar-refractivity contribution in [3.05, 3.63) is 35.2 Å². The van der Waals surface area contributed by atoms with Crippen LogP contribution in [0.25, 0.3) is 21.5 Å². The molecule has 29 heavy (non-hydrogen) atoms. The SMILES string of the molecule is Cn1cc(Nc2nc(-c3cnn(C4(CC#N)CNC4)c3)c3sc(Cl)cc3n2)cn1. The van der Waals surface area contributed by atoms with Gasteiger partial charge in [-0.1, -0.05) is 11.6 Å². The lowest BCUT2D eigenvalue weighted by Gasteiger charge is -2.41. The van der Waals surface area contributed by atoms with Crippen LogP contribution >= 0.6 is 22.9 Å². The van der Waals surface area contributed by atoms with Crippen molar-refractivity contribution in [2.24, 2.45) is 7.05 Å². The van der Waals surface area contributed by atoms with Crippen LogP contribution in [0.2, 0.25) is 4.34 Å². The van der Waals surface area contributed by atoms with E-state index < -0.39 is 0 Å². The minimum Gasteiger partial charge on any atom is -0.321 e. The largest absolute Gasteiger partial charge is 0.321 e. The second kappa shape index (κ2) is 6.81. The number of hydrogen-bond donors (Lipinski definition) is 2. The minimum absolute atomic E-state index is 0.303. The van der Waals surface area contributed by atoms with E-state index in [1.54, 1.807) is 17.1 Å². The molecule has 9 nitrogen and oxygen atoms in total. The quantitative estimate of drug-likeness (QED) is 0.505. The van der Waals surface area contributed by atoms with Gasteiger partial charge in [0.25, 0.3) is 0 Å². The Hall–Kier alpha value is -3.00. The summed E-state index contributed by atoms with van der Waals surface area (Å²) < 4.78 is 5.12. The second-order valence-electron chi connectivity index (χ2n) is 7.02. The first-order valence-electron chi connectivity index (χ1n) is 8.92. The van der Waals surface area contributed by atoms with E-state index in [4.69, 9.17) is 16.6 Å². The van der Waals surface area contributed by atoms with Gasteiger partial charge in [-0.05, 0) is 6.07 Å². The fourth-order valence-corrected chi connectivity index (χ4v) is 4.57. The van der Waals surface area contributed by atoms with Crippen LogP contribution < -0.4 is 10.6 Å². The van der Waals surface area contributed by atoms with E-state index >= 15 is 0 Å². The first-order valence-corrected chi connectivity index (χ1v) is 10.1. The third-order valence-electron chi connectivity index (χ3n) is 4.96. The van der Waals surface area contributed by atoms with Crippen molar-refractivity contribution in [3.8, 4) is 17.3 Å². The summed E-state index contributed by atoms with van der Waals surface area (Å²) in [6.45, 7) is 1.44. The number of halogens is 1. The lowest BCUT2D eigenvalue weighted by atomic mass is 9.89. The van der Waals surface area contributed by atoms with E-state index in [0.29, 0.717) is 16.7 Å². The molecule has 0 aromatic carbocycles. The van der Waals surface area contributed by atoms with Crippen molar-refractivity contribution in [1.82, 2.24) is 34.8 Å². The summed E-state index contributed by atoms with van der Waals surface area (Å²) in [7, 11) is 1.85. The summed E-state index contributed by atoms with van der Waals surface area (Å²) in [4.78, 5) is 9.32. The summed E-state index contributed by atoms with van der Waals surface area (Å²) in [5.74, 6) is 0.458. The Labute approximate surface area is 175 Å². The summed E-state index contributed by atoms with van der Waals surface area (Å²) in [6, 6.07) is 4.10. The predicted molar refractivity (Wildman–Crippen MR) is 111 cm³/mol. The molecule has 4 aromatic heterocycles. The van der Waals surface area contributed by atoms with Crippen molar-refractivity contribution in [2.75, 3.05) is 18.4 Å². The van der Waals surface area contributed by atoms with Gasteiger partial charge in [0.05, 0.1) is 50.8 Å². The zero-order valence-corrected chi connectivity index (χ0v) is 17.0. The van der Waals surface area contributed by atoms with Gasteiger partial charge in [0, 0.05) is 38.1 Å². The average Bonchev–Trinajstić information content (AvgIpc) is 3.37. The number of anilines is 2. The smallest absolute Gasteiger partial charge is 0.228 e. The highest BCUT2D eigenvalue weighted by molar-refractivity contribution is 7.23. The minimum atomic E-state index is -0.303. The van der Waals surface area contributed by atoms with Crippen LogP contribution in [-0.2, 0) is 12.6 Å². The van der Waals surface area contributed by atoms with Crippen molar-refractivity contribution in [3.63, 3.8) is 0 Å². The molecule has 1 saturated heterocycles. The average molecular weight is 426 g/mol. The van der Waals surface area contributed by atoms with Crippen LogP contribution in [0.3, 0.4) is 0 Å². The van der Waals surface area contributed by atoms with Crippen LogP contribution in [0.5, 0.6) is 0 Å². The van der Waals surface area contributed by atoms with Gasteiger partial charge >= 0.3 is 0 Å². The molecular weight excluding hydrogens is 410 g/mol. The summed E-state index contributed by atoms with van der Waals surface area (Å²) >= 11 is 7.69.